The lowest BCUT2D eigenvalue weighted by Crippen LogP contribution is -2.21. The number of sulfonamides is 1. The molecule has 0 aromatic rings. The maximum atomic E-state index is 11.1. The first kappa shape index (κ1) is 16.9. The summed E-state index contributed by atoms with van der Waals surface area (Å²) in [6.07, 6.45) is 12.3. The summed E-state index contributed by atoms with van der Waals surface area (Å²) in [5, 5.41) is 0. The van der Waals surface area contributed by atoms with E-state index in [-0.39, 0.29) is 5.75 Å². The van der Waals surface area contributed by atoms with Gasteiger partial charge in [-0.25, -0.2) is 13.1 Å². The first-order chi connectivity index (χ1) is 8.12. The van der Waals surface area contributed by atoms with Crippen molar-refractivity contribution in [2.75, 3.05) is 12.8 Å². The number of hydrogen-bond donors (Lipinski definition) is 1. The molecule has 0 saturated carbocycles. The van der Waals surface area contributed by atoms with Gasteiger partial charge in [0, 0.05) is 0 Å². The average molecular weight is 263 g/mol. The van der Waals surface area contributed by atoms with Gasteiger partial charge < -0.3 is 0 Å². The normalized spacial score (nSPS) is 11.9. The van der Waals surface area contributed by atoms with Crippen LogP contribution < -0.4 is 4.72 Å². The van der Waals surface area contributed by atoms with E-state index in [0.717, 1.165) is 12.8 Å². The second-order valence-electron chi connectivity index (χ2n) is 4.70. The largest absolute Gasteiger partial charge is 0.218 e. The SMILES string of the molecule is CCCCCCCCCCCCS(=O)(=O)NC. The molecule has 0 aliphatic rings. The van der Waals surface area contributed by atoms with Crippen LogP contribution in [-0.2, 0) is 10.0 Å². The molecule has 0 amide bonds. The van der Waals surface area contributed by atoms with Crippen LogP contribution in [0.4, 0.5) is 0 Å². The standard InChI is InChI=1S/C13H29NO2S/c1-3-4-5-6-7-8-9-10-11-12-13-17(15,16)14-2/h14H,3-13H2,1-2H3. The van der Waals surface area contributed by atoms with Gasteiger partial charge in [-0.2, -0.15) is 0 Å². The molecule has 0 spiro atoms. The van der Waals surface area contributed by atoms with Crippen molar-refractivity contribution in [3.05, 3.63) is 0 Å². The van der Waals surface area contributed by atoms with Crippen LogP contribution in [-0.4, -0.2) is 21.2 Å². The summed E-state index contributed by atoms with van der Waals surface area (Å²) in [4.78, 5) is 0. The smallest absolute Gasteiger partial charge is 0.211 e. The van der Waals surface area contributed by atoms with Crippen molar-refractivity contribution >= 4 is 10.0 Å². The van der Waals surface area contributed by atoms with Crippen molar-refractivity contribution in [1.82, 2.24) is 4.72 Å². The van der Waals surface area contributed by atoms with E-state index < -0.39 is 10.0 Å². The molecule has 0 unspecified atom stereocenters. The van der Waals surface area contributed by atoms with E-state index in [1.165, 1.54) is 58.4 Å². The van der Waals surface area contributed by atoms with Gasteiger partial charge >= 0.3 is 0 Å². The zero-order valence-electron chi connectivity index (χ0n) is 11.5. The number of unbranched alkanes of at least 4 members (excludes halogenated alkanes) is 9. The molecule has 0 fully saturated rings. The number of rotatable bonds is 12. The number of hydrogen-bond acceptors (Lipinski definition) is 2. The van der Waals surface area contributed by atoms with Crippen LogP contribution in [0, 0.1) is 0 Å². The minimum Gasteiger partial charge on any atom is -0.218 e. The molecule has 104 valence electrons. The molecule has 0 aliphatic heterocycles. The van der Waals surface area contributed by atoms with E-state index in [9.17, 15) is 8.42 Å². The van der Waals surface area contributed by atoms with Gasteiger partial charge in [-0.1, -0.05) is 64.7 Å². The van der Waals surface area contributed by atoms with Gasteiger partial charge in [0.25, 0.3) is 0 Å². The highest BCUT2D eigenvalue weighted by atomic mass is 32.2. The van der Waals surface area contributed by atoms with E-state index in [1.807, 2.05) is 0 Å². The van der Waals surface area contributed by atoms with Gasteiger partial charge in [-0.05, 0) is 13.5 Å². The highest BCUT2D eigenvalue weighted by Crippen LogP contribution is 2.10. The van der Waals surface area contributed by atoms with E-state index >= 15 is 0 Å². The Morgan fingerprint density at radius 1 is 0.765 bits per heavy atom. The van der Waals surface area contributed by atoms with Crippen molar-refractivity contribution < 1.29 is 8.42 Å². The fourth-order valence-electron chi connectivity index (χ4n) is 1.88. The first-order valence-electron chi connectivity index (χ1n) is 7.03. The molecular weight excluding hydrogens is 234 g/mol. The zero-order valence-corrected chi connectivity index (χ0v) is 12.3. The van der Waals surface area contributed by atoms with E-state index in [1.54, 1.807) is 0 Å². The van der Waals surface area contributed by atoms with Crippen molar-refractivity contribution in [2.45, 2.75) is 71.1 Å². The zero-order chi connectivity index (χ0) is 13.0. The van der Waals surface area contributed by atoms with Gasteiger partial charge in [-0.15, -0.1) is 0 Å². The lowest BCUT2D eigenvalue weighted by Gasteiger charge is -2.03. The summed E-state index contributed by atoms with van der Waals surface area (Å²) in [6.45, 7) is 2.24. The fraction of sp³-hybridized carbons (Fsp3) is 1.00. The molecule has 0 rings (SSSR count). The van der Waals surface area contributed by atoms with Gasteiger partial charge in [0.15, 0.2) is 0 Å². The van der Waals surface area contributed by atoms with E-state index in [2.05, 4.69) is 11.6 Å². The summed E-state index contributed by atoms with van der Waals surface area (Å²) in [5.41, 5.74) is 0. The van der Waals surface area contributed by atoms with Crippen molar-refractivity contribution in [1.29, 1.82) is 0 Å². The van der Waals surface area contributed by atoms with Crippen LogP contribution in [0.1, 0.15) is 71.1 Å². The topological polar surface area (TPSA) is 46.2 Å². The highest BCUT2D eigenvalue weighted by molar-refractivity contribution is 7.89. The van der Waals surface area contributed by atoms with Gasteiger partial charge in [0.1, 0.15) is 0 Å². The van der Waals surface area contributed by atoms with Gasteiger partial charge in [-0.3, -0.25) is 0 Å². The molecule has 0 bridgehead atoms. The number of nitrogens with one attached hydrogen (secondary N) is 1. The molecule has 0 aliphatic carbocycles. The van der Waals surface area contributed by atoms with Crippen molar-refractivity contribution in [3.63, 3.8) is 0 Å². The van der Waals surface area contributed by atoms with Crippen LogP contribution in [0.3, 0.4) is 0 Å². The first-order valence-corrected chi connectivity index (χ1v) is 8.69. The fourth-order valence-corrected chi connectivity index (χ4v) is 2.67. The summed E-state index contributed by atoms with van der Waals surface area (Å²) >= 11 is 0. The third-order valence-electron chi connectivity index (χ3n) is 3.08. The quantitative estimate of drug-likeness (QED) is 0.548. The third kappa shape index (κ3) is 12.2. The molecule has 1 N–H and O–H groups in total. The predicted molar refractivity (Wildman–Crippen MR) is 74.7 cm³/mol. The minimum atomic E-state index is -2.98. The van der Waals surface area contributed by atoms with E-state index in [4.69, 9.17) is 0 Å². The molecular formula is C13H29NO2S. The van der Waals surface area contributed by atoms with Gasteiger partial charge in [0.2, 0.25) is 10.0 Å². The average Bonchev–Trinajstić information content (AvgIpc) is 2.31. The van der Waals surface area contributed by atoms with Crippen LogP contribution in [0.25, 0.3) is 0 Å². The maximum Gasteiger partial charge on any atom is 0.211 e. The molecule has 0 aromatic carbocycles. The molecule has 3 nitrogen and oxygen atoms in total. The molecule has 0 atom stereocenters. The molecule has 4 heteroatoms. The second-order valence-corrected chi connectivity index (χ2v) is 6.75. The lowest BCUT2D eigenvalue weighted by atomic mass is 10.1. The maximum absolute atomic E-state index is 11.1. The molecule has 0 saturated heterocycles. The summed E-state index contributed by atoms with van der Waals surface area (Å²) in [7, 11) is -1.50. The van der Waals surface area contributed by atoms with Crippen molar-refractivity contribution in [2.24, 2.45) is 0 Å². The lowest BCUT2D eigenvalue weighted by molar-refractivity contribution is 0.556. The molecule has 17 heavy (non-hydrogen) atoms. The van der Waals surface area contributed by atoms with Crippen molar-refractivity contribution in [3.8, 4) is 0 Å². The van der Waals surface area contributed by atoms with Crippen LogP contribution in [0.2, 0.25) is 0 Å². The highest BCUT2D eigenvalue weighted by Gasteiger charge is 2.04. The Balaban J connectivity index is 3.14. The van der Waals surface area contributed by atoms with Crippen LogP contribution in [0.5, 0.6) is 0 Å². The van der Waals surface area contributed by atoms with E-state index in [0.29, 0.717) is 0 Å². The Kier molecular flexibility index (Phi) is 11.0. The summed E-state index contributed by atoms with van der Waals surface area (Å²) in [5.74, 6) is 0.278. The van der Waals surface area contributed by atoms with Crippen LogP contribution in [0.15, 0.2) is 0 Å². The Morgan fingerprint density at radius 2 is 1.18 bits per heavy atom. The Morgan fingerprint density at radius 3 is 1.59 bits per heavy atom. The Hall–Kier alpha value is -0.0900. The van der Waals surface area contributed by atoms with Gasteiger partial charge in [0.05, 0.1) is 5.75 Å². The molecule has 0 aromatic heterocycles. The Labute approximate surface area is 107 Å². The third-order valence-corrected chi connectivity index (χ3v) is 4.53. The molecule has 0 radical (unpaired) electrons. The second kappa shape index (κ2) is 11.0. The predicted octanol–water partition coefficient (Wildman–Crippen LogP) is 3.46. The molecule has 0 heterocycles. The Bertz CT molecular complexity index is 250. The summed E-state index contributed by atoms with van der Waals surface area (Å²) < 4.78 is 24.6. The monoisotopic (exact) mass is 263 g/mol. The minimum absolute atomic E-state index is 0.278. The van der Waals surface area contributed by atoms with Crippen LogP contribution >= 0.6 is 0 Å². The summed E-state index contributed by atoms with van der Waals surface area (Å²) in [6, 6.07) is 0.